The Morgan fingerprint density at radius 2 is 1.82 bits per heavy atom. The van der Waals surface area contributed by atoms with Crippen molar-refractivity contribution in [3.8, 4) is 5.75 Å². The van der Waals surface area contributed by atoms with Crippen LogP contribution < -0.4 is 4.74 Å². The molecule has 2 aromatic rings. The van der Waals surface area contributed by atoms with E-state index in [9.17, 15) is 4.39 Å². The van der Waals surface area contributed by atoms with E-state index < -0.39 is 0 Å². The summed E-state index contributed by atoms with van der Waals surface area (Å²) in [6, 6.07) is 12.7. The second-order valence-corrected chi connectivity index (χ2v) is 5.59. The molecule has 0 aliphatic heterocycles. The minimum Gasteiger partial charge on any atom is -0.489 e. The van der Waals surface area contributed by atoms with Gasteiger partial charge in [0.05, 0.1) is 4.47 Å². The summed E-state index contributed by atoms with van der Waals surface area (Å²) in [6.45, 7) is 0.481. The maximum Gasteiger partial charge on any atom is 0.137 e. The summed E-state index contributed by atoms with van der Waals surface area (Å²) in [6.07, 6.45) is 0. The molecule has 0 aliphatic carbocycles. The van der Waals surface area contributed by atoms with Gasteiger partial charge in [0.2, 0.25) is 0 Å². The molecule has 2 aromatic carbocycles. The summed E-state index contributed by atoms with van der Waals surface area (Å²) in [5.41, 5.74) is 1.09. The Bertz CT molecular complexity index is 513. The zero-order valence-electron chi connectivity index (χ0n) is 8.79. The molecule has 4 heteroatoms. The van der Waals surface area contributed by atoms with Crippen molar-refractivity contribution < 1.29 is 9.13 Å². The molecule has 0 heterocycles. The Labute approximate surface area is 121 Å². The number of benzene rings is 2. The second-order valence-electron chi connectivity index (χ2n) is 3.49. The van der Waals surface area contributed by atoms with Crippen LogP contribution in [-0.4, -0.2) is 0 Å². The fourth-order valence-corrected chi connectivity index (χ4v) is 2.03. The Hall–Kier alpha value is -0.620. The summed E-state index contributed by atoms with van der Waals surface area (Å²) in [5.74, 6) is 0.364. The summed E-state index contributed by atoms with van der Waals surface area (Å²) in [7, 11) is 0. The van der Waals surface area contributed by atoms with E-state index in [1.165, 1.54) is 9.64 Å². The van der Waals surface area contributed by atoms with Crippen molar-refractivity contribution in [2.45, 2.75) is 6.61 Å². The average Bonchev–Trinajstić information content (AvgIpc) is 2.33. The lowest BCUT2D eigenvalue weighted by Gasteiger charge is -2.07. The van der Waals surface area contributed by atoms with Crippen molar-refractivity contribution in [1.29, 1.82) is 0 Å². The van der Waals surface area contributed by atoms with E-state index in [1.54, 1.807) is 12.1 Å². The van der Waals surface area contributed by atoms with Crippen LogP contribution >= 0.6 is 38.5 Å². The molecule has 0 radical (unpaired) electrons. The third-order valence-corrected chi connectivity index (χ3v) is 3.54. The number of hydrogen-bond acceptors (Lipinski definition) is 1. The van der Waals surface area contributed by atoms with Crippen molar-refractivity contribution in [1.82, 2.24) is 0 Å². The van der Waals surface area contributed by atoms with Crippen LogP contribution in [0.25, 0.3) is 0 Å². The molecule has 0 aromatic heterocycles. The van der Waals surface area contributed by atoms with Crippen LogP contribution in [0.2, 0.25) is 0 Å². The molecule has 17 heavy (non-hydrogen) atoms. The van der Waals surface area contributed by atoms with Gasteiger partial charge in [-0.25, -0.2) is 4.39 Å². The molecule has 0 saturated heterocycles. The van der Waals surface area contributed by atoms with Gasteiger partial charge >= 0.3 is 0 Å². The molecule has 0 atom stereocenters. The third kappa shape index (κ3) is 3.67. The predicted molar refractivity (Wildman–Crippen MR) is 77.6 cm³/mol. The first kappa shape index (κ1) is 12.8. The van der Waals surface area contributed by atoms with Crippen molar-refractivity contribution in [3.05, 3.63) is 61.9 Å². The second kappa shape index (κ2) is 5.82. The van der Waals surface area contributed by atoms with Crippen LogP contribution in [0, 0.1) is 9.39 Å². The van der Waals surface area contributed by atoms with E-state index in [4.69, 9.17) is 4.74 Å². The average molecular weight is 407 g/mol. The monoisotopic (exact) mass is 406 g/mol. The molecule has 88 valence electrons. The molecule has 0 N–H and O–H groups in total. The molecule has 0 bridgehead atoms. The van der Waals surface area contributed by atoms with E-state index in [0.29, 0.717) is 16.8 Å². The van der Waals surface area contributed by atoms with Gasteiger partial charge in [0.1, 0.15) is 18.2 Å². The quantitative estimate of drug-likeness (QED) is 0.667. The minimum absolute atomic E-state index is 0.286. The Kier molecular flexibility index (Phi) is 4.39. The summed E-state index contributed by atoms with van der Waals surface area (Å²) in [4.78, 5) is 0. The molecule has 0 amide bonds. The fraction of sp³-hybridized carbons (Fsp3) is 0.0769. The van der Waals surface area contributed by atoms with E-state index in [0.717, 1.165) is 5.56 Å². The number of halogens is 3. The topological polar surface area (TPSA) is 9.23 Å². The first-order chi connectivity index (χ1) is 8.15. The van der Waals surface area contributed by atoms with Crippen molar-refractivity contribution in [3.63, 3.8) is 0 Å². The highest BCUT2D eigenvalue weighted by molar-refractivity contribution is 14.1. The van der Waals surface area contributed by atoms with Gasteiger partial charge in [0.25, 0.3) is 0 Å². The molecule has 0 aliphatic rings. The highest BCUT2D eigenvalue weighted by atomic mass is 127. The standard InChI is InChI=1S/C13H9BrFIO/c14-12-7-11(5-6-13(12)15)17-8-9-1-3-10(16)4-2-9/h1-7H,8H2. The smallest absolute Gasteiger partial charge is 0.137 e. The molecule has 0 saturated carbocycles. The van der Waals surface area contributed by atoms with Gasteiger partial charge in [-0.1, -0.05) is 12.1 Å². The largest absolute Gasteiger partial charge is 0.489 e. The summed E-state index contributed by atoms with van der Waals surface area (Å²) >= 11 is 5.38. The van der Waals surface area contributed by atoms with Crippen LogP contribution in [0.5, 0.6) is 5.75 Å². The predicted octanol–water partition coefficient (Wildman–Crippen LogP) is 4.77. The number of ether oxygens (including phenoxy) is 1. The Morgan fingerprint density at radius 1 is 1.12 bits per heavy atom. The molecule has 0 unspecified atom stereocenters. The first-order valence-corrected chi connectivity index (χ1v) is 6.84. The normalized spacial score (nSPS) is 10.3. The third-order valence-electron chi connectivity index (χ3n) is 2.21. The van der Waals surface area contributed by atoms with Crippen LogP contribution in [-0.2, 0) is 6.61 Å². The molecular weight excluding hydrogens is 398 g/mol. The first-order valence-electron chi connectivity index (χ1n) is 4.97. The highest BCUT2D eigenvalue weighted by Crippen LogP contribution is 2.22. The molecular formula is C13H9BrFIO. The maximum atomic E-state index is 13.0. The molecule has 2 rings (SSSR count). The Morgan fingerprint density at radius 3 is 2.47 bits per heavy atom. The zero-order valence-corrected chi connectivity index (χ0v) is 12.5. The maximum absolute atomic E-state index is 13.0. The highest BCUT2D eigenvalue weighted by Gasteiger charge is 2.01. The van der Waals surface area contributed by atoms with Gasteiger partial charge in [0.15, 0.2) is 0 Å². The van der Waals surface area contributed by atoms with Crippen molar-refractivity contribution >= 4 is 38.5 Å². The molecule has 0 fully saturated rings. The number of rotatable bonds is 3. The lowest BCUT2D eigenvalue weighted by molar-refractivity contribution is 0.305. The summed E-state index contributed by atoms with van der Waals surface area (Å²) in [5, 5.41) is 0. The van der Waals surface area contributed by atoms with E-state index in [-0.39, 0.29) is 5.82 Å². The molecule has 0 spiro atoms. The summed E-state index contributed by atoms with van der Waals surface area (Å²) < 4.78 is 20.2. The van der Waals surface area contributed by atoms with Gasteiger partial charge in [-0.3, -0.25) is 0 Å². The van der Waals surface area contributed by atoms with E-state index in [1.807, 2.05) is 24.3 Å². The number of hydrogen-bond donors (Lipinski definition) is 0. The van der Waals surface area contributed by atoms with Gasteiger partial charge in [-0.05, 0) is 74.4 Å². The lowest BCUT2D eigenvalue weighted by atomic mass is 10.2. The van der Waals surface area contributed by atoms with Crippen LogP contribution in [0.1, 0.15) is 5.56 Å². The van der Waals surface area contributed by atoms with Crippen molar-refractivity contribution in [2.24, 2.45) is 0 Å². The van der Waals surface area contributed by atoms with Crippen LogP contribution in [0.4, 0.5) is 4.39 Å². The minimum atomic E-state index is -0.286. The van der Waals surface area contributed by atoms with Gasteiger partial charge in [-0.15, -0.1) is 0 Å². The van der Waals surface area contributed by atoms with Crippen LogP contribution in [0.15, 0.2) is 46.9 Å². The fourth-order valence-electron chi connectivity index (χ4n) is 1.31. The van der Waals surface area contributed by atoms with Gasteiger partial charge in [0, 0.05) is 3.57 Å². The lowest BCUT2D eigenvalue weighted by Crippen LogP contribution is -1.95. The van der Waals surface area contributed by atoms with Gasteiger partial charge < -0.3 is 4.74 Å². The molecule has 1 nitrogen and oxygen atoms in total. The SMILES string of the molecule is Fc1ccc(OCc2ccc(I)cc2)cc1Br. The Balaban J connectivity index is 2.02. The van der Waals surface area contributed by atoms with Crippen molar-refractivity contribution in [2.75, 3.05) is 0 Å². The van der Waals surface area contributed by atoms with Crippen LogP contribution in [0.3, 0.4) is 0 Å². The zero-order chi connectivity index (χ0) is 12.3. The van der Waals surface area contributed by atoms with E-state index >= 15 is 0 Å². The van der Waals surface area contributed by atoms with E-state index in [2.05, 4.69) is 38.5 Å². The van der Waals surface area contributed by atoms with Gasteiger partial charge in [-0.2, -0.15) is 0 Å².